The average Bonchev–Trinajstić information content (AvgIpc) is 3.22. The molecule has 3 heteroatoms. The molecule has 0 bridgehead atoms. The fourth-order valence-electron chi connectivity index (χ4n) is 2.96. The highest BCUT2D eigenvalue weighted by Gasteiger charge is 2.10. The van der Waals surface area contributed by atoms with Gasteiger partial charge < -0.3 is 10.1 Å². The van der Waals surface area contributed by atoms with Crippen LogP contribution < -0.4 is 10.1 Å². The normalized spacial score (nSPS) is 15.9. The predicted molar refractivity (Wildman–Crippen MR) is 104 cm³/mol. The van der Waals surface area contributed by atoms with E-state index in [2.05, 4.69) is 22.1 Å². The number of para-hydroxylation sites is 1. The predicted octanol–water partition coefficient (Wildman–Crippen LogP) is 4.64. The van der Waals surface area contributed by atoms with Gasteiger partial charge in [0.05, 0.1) is 11.7 Å². The second-order valence-electron chi connectivity index (χ2n) is 6.29. The van der Waals surface area contributed by atoms with Crippen molar-refractivity contribution in [3.8, 4) is 34.6 Å². The third-order valence-electron chi connectivity index (χ3n) is 4.32. The van der Waals surface area contributed by atoms with Crippen LogP contribution in [0.5, 0.6) is 11.5 Å². The summed E-state index contributed by atoms with van der Waals surface area (Å²) in [7, 11) is 0. The van der Waals surface area contributed by atoms with E-state index in [0.29, 0.717) is 6.04 Å². The first kappa shape index (κ1) is 16.4. The van der Waals surface area contributed by atoms with Gasteiger partial charge in [0.2, 0.25) is 0 Å². The summed E-state index contributed by atoms with van der Waals surface area (Å²) in [5, 5.41) is 3.38. The van der Waals surface area contributed by atoms with E-state index in [0.717, 1.165) is 41.3 Å². The first-order valence-corrected chi connectivity index (χ1v) is 8.91. The molecule has 0 radical (unpaired) electrons. The van der Waals surface area contributed by atoms with Gasteiger partial charge >= 0.3 is 0 Å². The average molecular weight is 340 g/mol. The molecule has 4 rings (SSSR count). The van der Waals surface area contributed by atoms with Crippen LogP contribution in [0.3, 0.4) is 0 Å². The van der Waals surface area contributed by atoms with E-state index in [1.807, 2.05) is 72.9 Å². The molecule has 2 heterocycles. The monoisotopic (exact) mass is 340 g/mol. The lowest BCUT2D eigenvalue weighted by Gasteiger charge is -2.07. The van der Waals surface area contributed by atoms with Crippen molar-refractivity contribution in [1.82, 2.24) is 10.3 Å². The maximum absolute atomic E-state index is 5.90. The molecule has 1 aliphatic rings. The Bertz CT molecular complexity index is 918. The Morgan fingerprint density at radius 2 is 1.85 bits per heavy atom. The molecular weight excluding hydrogens is 320 g/mol. The lowest BCUT2D eigenvalue weighted by atomic mass is 10.1. The van der Waals surface area contributed by atoms with Gasteiger partial charge in [0.1, 0.15) is 11.5 Å². The van der Waals surface area contributed by atoms with Crippen molar-refractivity contribution in [2.45, 2.75) is 18.9 Å². The van der Waals surface area contributed by atoms with E-state index in [1.54, 1.807) is 0 Å². The highest BCUT2D eigenvalue weighted by atomic mass is 16.5. The minimum Gasteiger partial charge on any atom is -0.457 e. The van der Waals surface area contributed by atoms with Crippen LogP contribution >= 0.6 is 0 Å². The van der Waals surface area contributed by atoms with Gasteiger partial charge in [-0.2, -0.15) is 0 Å². The highest BCUT2D eigenvalue weighted by molar-refractivity contribution is 5.62. The molecule has 0 saturated carbocycles. The van der Waals surface area contributed by atoms with Crippen LogP contribution in [0.2, 0.25) is 0 Å². The lowest BCUT2D eigenvalue weighted by Crippen LogP contribution is -2.18. The number of rotatable bonds is 3. The summed E-state index contributed by atoms with van der Waals surface area (Å²) in [6.07, 6.45) is 4.17. The van der Waals surface area contributed by atoms with Crippen LogP contribution in [0.1, 0.15) is 18.4 Å². The second kappa shape index (κ2) is 7.86. The van der Waals surface area contributed by atoms with Crippen LogP contribution in [-0.2, 0) is 0 Å². The van der Waals surface area contributed by atoms with Crippen molar-refractivity contribution in [2.75, 3.05) is 6.54 Å². The Hall–Kier alpha value is -3.09. The molecule has 0 amide bonds. The van der Waals surface area contributed by atoms with E-state index in [-0.39, 0.29) is 0 Å². The molecule has 3 nitrogen and oxygen atoms in total. The van der Waals surface area contributed by atoms with Gasteiger partial charge in [-0.1, -0.05) is 42.2 Å². The van der Waals surface area contributed by atoms with E-state index < -0.39 is 0 Å². The summed E-state index contributed by atoms with van der Waals surface area (Å²) in [6.45, 7) is 1.07. The molecule has 3 aromatic rings. The van der Waals surface area contributed by atoms with E-state index >= 15 is 0 Å². The number of nitrogens with zero attached hydrogens (tertiary/aromatic N) is 1. The number of nitrogens with one attached hydrogen (secondary N) is 1. The smallest absolute Gasteiger partial charge is 0.128 e. The van der Waals surface area contributed by atoms with Gasteiger partial charge in [-0.15, -0.1) is 0 Å². The number of hydrogen-bond donors (Lipinski definition) is 1. The highest BCUT2D eigenvalue weighted by Crippen LogP contribution is 2.26. The molecule has 1 fully saturated rings. The topological polar surface area (TPSA) is 34.1 Å². The van der Waals surface area contributed by atoms with Gasteiger partial charge in [0.25, 0.3) is 0 Å². The molecule has 1 saturated heterocycles. The Morgan fingerprint density at radius 3 is 2.62 bits per heavy atom. The fraction of sp³-hybridized carbons (Fsp3) is 0.174. The Labute approximate surface area is 154 Å². The number of benzene rings is 2. The summed E-state index contributed by atoms with van der Waals surface area (Å²) < 4.78 is 5.90. The largest absolute Gasteiger partial charge is 0.457 e. The third-order valence-corrected chi connectivity index (χ3v) is 4.32. The summed E-state index contributed by atoms with van der Waals surface area (Å²) in [4.78, 5) is 4.56. The molecular formula is C23H20N2O. The summed E-state index contributed by atoms with van der Waals surface area (Å²) >= 11 is 0. The van der Waals surface area contributed by atoms with Gasteiger partial charge in [0.15, 0.2) is 0 Å². The van der Waals surface area contributed by atoms with Gasteiger partial charge in [-0.3, -0.25) is 4.98 Å². The number of ether oxygens (including phenoxy) is 1. The standard InChI is InChI=1S/C23H20N2O/c1-2-8-21(9-3-1)26-22-10-4-6-19(16-22)23-14-12-18(17-25-23)11-13-20-7-5-15-24-20/h1-4,6,8-10,12,14,16-17,20,24H,5,7,15H2. The van der Waals surface area contributed by atoms with Crippen molar-refractivity contribution in [2.24, 2.45) is 0 Å². The Morgan fingerprint density at radius 1 is 0.962 bits per heavy atom. The van der Waals surface area contributed by atoms with Gasteiger partial charge in [0, 0.05) is 17.3 Å². The van der Waals surface area contributed by atoms with Crippen molar-refractivity contribution in [3.05, 3.63) is 78.5 Å². The first-order chi connectivity index (χ1) is 12.9. The van der Waals surface area contributed by atoms with Crippen molar-refractivity contribution in [3.63, 3.8) is 0 Å². The molecule has 128 valence electrons. The van der Waals surface area contributed by atoms with Crippen LogP contribution in [0.25, 0.3) is 11.3 Å². The molecule has 1 aromatic heterocycles. The summed E-state index contributed by atoms with van der Waals surface area (Å²) in [5.74, 6) is 8.10. The van der Waals surface area contributed by atoms with Gasteiger partial charge in [-0.25, -0.2) is 0 Å². The zero-order valence-corrected chi connectivity index (χ0v) is 14.5. The number of hydrogen-bond acceptors (Lipinski definition) is 3. The third kappa shape index (κ3) is 4.11. The lowest BCUT2D eigenvalue weighted by molar-refractivity contribution is 0.483. The Kier molecular flexibility index (Phi) is 4.95. The van der Waals surface area contributed by atoms with Crippen molar-refractivity contribution in [1.29, 1.82) is 0 Å². The van der Waals surface area contributed by atoms with Crippen LogP contribution in [0, 0.1) is 11.8 Å². The molecule has 1 aliphatic heterocycles. The molecule has 1 atom stereocenters. The molecule has 2 aromatic carbocycles. The van der Waals surface area contributed by atoms with E-state index in [9.17, 15) is 0 Å². The zero-order chi connectivity index (χ0) is 17.6. The molecule has 1 N–H and O–H groups in total. The SMILES string of the molecule is C(#CC1CCCN1)c1ccc(-c2cccc(Oc3ccccc3)c2)nc1. The molecule has 0 spiro atoms. The number of pyridine rings is 1. The zero-order valence-electron chi connectivity index (χ0n) is 14.5. The van der Waals surface area contributed by atoms with E-state index in [1.165, 1.54) is 6.42 Å². The van der Waals surface area contributed by atoms with Crippen LogP contribution in [0.4, 0.5) is 0 Å². The summed E-state index contributed by atoms with van der Waals surface area (Å²) in [6, 6.07) is 22.1. The molecule has 26 heavy (non-hydrogen) atoms. The first-order valence-electron chi connectivity index (χ1n) is 8.91. The molecule has 1 unspecified atom stereocenters. The minimum absolute atomic E-state index is 0.321. The molecule has 0 aliphatic carbocycles. The second-order valence-corrected chi connectivity index (χ2v) is 6.29. The maximum Gasteiger partial charge on any atom is 0.128 e. The fourth-order valence-corrected chi connectivity index (χ4v) is 2.96. The number of aromatic nitrogens is 1. The van der Waals surface area contributed by atoms with Crippen LogP contribution in [0.15, 0.2) is 72.9 Å². The van der Waals surface area contributed by atoms with Crippen molar-refractivity contribution < 1.29 is 4.74 Å². The maximum atomic E-state index is 5.90. The van der Waals surface area contributed by atoms with Crippen molar-refractivity contribution >= 4 is 0 Å². The van der Waals surface area contributed by atoms with Crippen LogP contribution in [-0.4, -0.2) is 17.6 Å². The van der Waals surface area contributed by atoms with E-state index in [4.69, 9.17) is 4.74 Å². The summed E-state index contributed by atoms with van der Waals surface area (Å²) in [5.41, 5.74) is 2.88. The van der Waals surface area contributed by atoms with Gasteiger partial charge in [-0.05, 0) is 55.8 Å². The minimum atomic E-state index is 0.321. The Balaban J connectivity index is 1.49. The quantitative estimate of drug-likeness (QED) is 0.705.